The lowest BCUT2D eigenvalue weighted by atomic mass is 9.99. The van der Waals surface area contributed by atoms with Crippen LogP contribution in [0.1, 0.15) is 303 Å². The maximum absolute atomic E-state index is 13.1. The van der Waals surface area contributed by atoms with Crippen LogP contribution in [0.4, 0.5) is 0 Å². The second kappa shape index (κ2) is 52.8. The molecule has 1 saturated heterocycles. The Labute approximate surface area is 444 Å². The molecular weight excluding hydrogens is 899 g/mol. The third kappa shape index (κ3) is 41.6. The first-order chi connectivity index (χ1) is 35.3. The zero-order valence-electron chi connectivity index (χ0n) is 47.2. The number of hydrogen-bond acceptors (Lipinski definition) is 8. The lowest BCUT2D eigenvalue weighted by Crippen LogP contribution is -2.60. The minimum atomic E-state index is -1.57. The van der Waals surface area contributed by atoms with E-state index in [2.05, 4.69) is 43.5 Å². The van der Waals surface area contributed by atoms with E-state index in [9.17, 15) is 30.3 Å². The van der Waals surface area contributed by atoms with E-state index < -0.39 is 49.5 Å². The Morgan fingerprint density at radius 2 is 0.819 bits per heavy atom. The number of aliphatic hydroxyl groups excluding tert-OH is 5. The molecule has 1 aliphatic rings. The fourth-order valence-corrected chi connectivity index (χ4v) is 10.0. The van der Waals surface area contributed by atoms with Crippen molar-refractivity contribution in [3.63, 3.8) is 0 Å². The molecule has 1 rings (SSSR count). The van der Waals surface area contributed by atoms with Crippen LogP contribution in [0.15, 0.2) is 36.5 Å². The second-order valence-corrected chi connectivity index (χ2v) is 21.9. The summed E-state index contributed by atoms with van der Waals surface area (Å²) in [6, 6.07) is -0.803. The van der Waals surface area contributed by atoms with Crippen molar-refractivity contribution in [2.45, 2.75) is 346 Å². The van der Waals surface area contributed by atoms with Gasteiger partial charge in [0.1, 0.15) is 24.4 Å². The average molecular weight is 1020 g/mol. The van der Waals surface area contributed by atoms with Gasteiger partial charge in [-0.25, -0.2) is 0 Å². The molecule has 0 spiro atoms. The standard InChI is InChI=1S/C63H119NO8/c1-3-5-7-9-11-13-15-17-19-20-21-22-23-24-25-26-27-28-29-30-31-32-33-34-35-36-37-38-39-41-43-45-47-49-51-53-59(67)64-56(55-71-63-62(70)61(69)60(68)58(54-65)72-63)57(66)52-50-48-46-44-42-40-18-16-14-12-10-8-6-4-2/h23-24,26-27,50,52,56-58,60-63,65-66,68-70H,3-22,25,28-49,51,53-55H2,1-2H3,(H,64,67)/b24-23-,27-26-,52-50+. The number of rotatable bonds is 54. The van der Waals surface area contributed by atoms with E-state index in [-0.39, 0.29) is 12.5 Å². The van der Waals surface area contributed by atoms with Gasteiger partial charge >= 0.3 is 0 Å². The predicted octanol–water partition coefficient (Wildman–Crippen LogP) is 15.9. The van der Waals surface area contributed by atoms with Crippen molar-refractivity contribution in [1.29, 1.82) is 0 Å². The number of nitrogens with one attached hydrogen (secondary N) is 1. The molecule has 72 heavy (non-hydrogen) atoms. The van der Waals surface area contributed by atoms with Crippen LogP contribution in [0.3, 0.4) is 0 Å². The Bertz CT molecular complexity index is 1230. The van der Waals surface area contributed by atoms with E-state index in [0.29, 0.717) is 6.42 Å². The number of carbonyl (C=O) groups excluding carboxylic acids is 1. The summed E-state index contributed by atoms with van der Waals surface area (Å²) in [5.41, 5.74) is 0. The number of amides is 1. The highest BCUT2D eigenvalue weighted by atomic mass is 16.7. The van der Waals surface area contributed by atoms with Crippen LogP contribution in [0, 0.1) is 0 Å². The Kier molecular flexibility index (Phi) is 50.2. The van der Waals surface area contributed by atoms with Gasteiger partial charge in [0.2, 0.25) is 5.91 Å². The normalized spacial score (nSPS) is 19.3. The van der Waals surface area contributed by atoms with Crippen LogP contribution < -0.4 is 5.32 Å². The molecule has 0 aromatic heterocycles. The molecule has 7 atom stereocenters. The monoisotopic (exact) mass is 1020 g/mol. The number of allylic oxidation sites excluding steroid dienone is 5. The molecule has 7 unspecified atom stereocenters. The highest BCUT2D eigenvalue weighted by molar-refractivity contribution is 5.76. The molecule has 1 heterocycles. The number of hydrogen-bond donors (Lipinski definition) is 6. The van der Waals surface area contributed by atoms with E-state index in [4.69, 9.17) is 9.47 Å². The zero-order chi connectivity index (χ0) is 52.2. The van der Waals surface area contributed by atoms with E-state index >= 15 is 0 Å². The zero-order valence-corrected chi connectivity index (χ0v) is 47.2. The van der Waals surface area contributed by atoms with E-state index in [0.717, 1.165) is 44.9 Å². The molecule has 9 nitrogen and oxygen atoms in total. The summed E-state index contributed by atoms with van der Waals surface area (Å²) < 4.78 is 11.3. The van der Waals surface area contributed by atoms with Crippen molar-refractivity contribution >= 4 is 5.91 Å². The van der Waals surface area contributed by atoms with E-state index in [1.54, 1.807) is 6.08 Å². The molecule has 0 saturated carbocycles. The molecule has 9 heteroatoms. The third-order valence-corrected chi connectivity index (χ3v) is 15.0. The van der Waals surface area contributed by atoms with Crippen LogP contribution in [0.25, 0.3) is 0 Å². The van der Waals surface area contributed by atoms with Gasteiger partial charge in [0.25, 0.3) is 0 Å². The van der Waals surface area contributed by atoms with Crippen molar-refractivity contribution < 1.29 is 39.8 Å². The minimum absolute atomic E-state index is 0.173. The molecule has 0 aliphatic carbocycles. The maximum atomic E-state index is 13.1. The van der Waals surface area contributed by atoms with Crippen LogP contribution >= 0.6 is 0 Å². The molecule has 1 aliphatic heterocycles. The van der Waals surface area contributed by atoms with Gasteiger partial charge < -0.3 is 40.3 Å². The summed E-state index contributed by atoms with van der Waals surface area (Å²) in [5.74, 6) is -0.173. The molecule has 1 amide bonds. The Morgan fingerprint density at radius 3 is 1.19 bits per heavy atom. The molecule has 0 aromatic carbocycles. The van der Waals surface area contributed by atoms with Gasteiger partial charge in [-0.2, -0.15) is 0 Å². The topological polar surface area (TPSA) is 149 Å². The highest BCUT2D eigenvalue weighted by Crippen LogP contribution is 2.23. The molecule has 0 radical (unpaired) electrons. The minimum Gasteiger partial charge on any atom is -0.394 e. The van der Waals surface area contributed by atoms with Gasteiger partial charge in [-0.3, -0.25) is 4.79 Å². The van der Waals surface area contributed by atoms with Gasteiger partial charge in [0.15, 0.2) is 6.29 Å². The van der Waals surface area contributed by atoms with Gasteiger partial charge in [-0.05, 0) is 51.4 Å². The molecule has 1 fully saturated rings. The first-order valence-electron chi connectivity index (χ1n) is 31.2. The Morgan fingerprint density at radius 1 is 0.472 bits per heavy atom. The predicted molar refractivity (Wildman–Crippen MR) is 304 cm³/mol. The van der Waals surface area contributed by atoms with Crippen LogP contribution in [-0.4, -0.2) is 87.5 Å². The van der Waals surface area contributed by atoms with E-state index in [1.165, 1.54) is 238 Å². The summed E-state index contributed by atoms with van der Waals surface area (Å²) >= 11 is 0. The molecule has 0 bridgehead atoms. The van der Waals surface area contributed by atoms with Crippen molar-refractivity contribution in [3.05, 3.63) is 36.5 Å². The first-order valence-corrected chi connectivity index (χ1v) is 31.2. The summed E-state index contributed by atoms with van der Waals surface area (Å²) in [5, 5.41) is 54.5. The molecule has 424 valence electrons. The summed E-state index contributed by atoms with van der Waals surface area (Å²) in [7, 11) is 0. The summed E-state index contributed by atoms with van der Waals surface area (Å²) in [6.45, 7) is 3.80. The smallest absolute Gasteiger partial charge is 0.220 e. The van der Waals surface area contributed by atoms with Crippen molar-refractivity contribution in [2.24, 2.45) is 0 Å². The number of carbonyl (C=O) groups is 1. The third-order valence-electron chi connectivity index (χ3n) is 15.0. The maximum Gasteiger partial charge on any atom is 0.220 e. The lowest BCUT2D eigenvalue weighted by Gasteiger charge is -2.40. The fraction of sp³-hybridized carbons (Fsp3) is 0.889. The molecular formula is C63H119NO8. The Hall–Kier alpha value is -1.59. The van der Waals surface area contributed by atoms with E-state index in [1.807, 2.05) is 6.08 Å². The average Bonchev–Trinajstić information content (AvgIpc) is 3.38. The number of unbranched alkanes of at least 4 members (excludes halogenated alkanes) is 40. The van der Waals surface area contributed by atoms with Gasteiger partial charge in [-0.1, -0.05) is 281 Å². The Balaban J connectivity index is 2.09. The SMILES string of the molecule is CCCCCCCCCCCCC/C=C\C/C=C\CCCCCCCCCCCCCCCCCCCC(=O)NC(COC1OC(CO)C(O)C(O)C1O)C(O)/C=C/CCCCCCCCCCCCCC. The summed E-state index contributed by atoms with van der Waals surface area (Å²) in [4.78, 5) is 13.1. The number of ether oxygens (including phenoxy) is 2. The van der Waals surface area contributed by atoms with Crippen molar-refractivity contribution in [2.75, 3.05) is 13.2 Å². The quantitative estimate of drug-likeness (QED) is 0.0261. The highest BCUT2D eigenvalue weighted by Gasteiger charge is 2.44. The van der Waals surface area contributed by atoms with Gasteiger partial charge in [0.05, 0.1) is 25.4 Å². The summed E-state index contributed by atoms with van der Waals surface area (Å²) in [6.07, 6.45) is 62.4. The largest absolute Gasteiger partial charge is 0.394 e. The van der Waals surface area contributed by atoms with Crippen molar-refractivity contribution in [1.82, 2.24) is 5.32 Å². The fourth-order valence-electron chi connectivity index (χ4n) is 10.0. The van der Waals surface area contributed by atoms with Gasteiger partial charge in [-0.15, -0.1) is 0 Å². The molecule has 0 aromatic rings. The van der Waals surface area contributed by atoms with Crippen LogP contribution in [0.2, 0.25) is 0 Å². The lowest BCUT2D eigenvalue weighted by molar-refractivity contribution is -0.302. The second-order valence-electron chi connectivity index (χ2n) is 21.9. The van der Waals surface area contributed by atoms with Crippen LogP contribution in [0.5, 0.6) is 0 Å². The number of aliphatic hydroxyl groups is 5. The van der Waals surface area contributed by atoms with Crippen LogP contribution in [-0.2, 0) is 14.3 Å². The molecule has 6 N–H and O–H groups in total. The van der Waals surface area contributed by atoms with Crippen molar-refractivity contribution in [3.8, 4) is 0 Å². The van der Waals surface area contributed by atoms with Gasteiger partial charge in [0, 0.05) is 6.42 Å². The first kappa shape index (κ1) is 68.4.